The van der Waals surface area contributed by atoms with Crippen LogP contribution in [0.1, 0.15) is 73.6 Å². The van der Waals surface area contributed by atoms with Crippen LogP contribution >= 0.6 is 0 Å². The topological polar surface area (TPSA) is 9.72 Å². The van der Waals surface area contributed by atoms with Gasteiger partial charge in [0.15, 0.2) is 0 Å². The van der Waals surface area contributed by atoms with E-state index in [1.807, 2.05) is 0 Å². The molecule has 0 spiro atoms. The van der Waals surface area contributed by atoms with Crippen LogP contribution in [0.25, 0.3) is 0 Å². The first-order valence-corrected chi connectivity index (χ1v) is 10.9. The number of piperazine rings is 1. The van der Waals surface area contributed by atoms with Crippen molar-refractivity contribution in [2.75, 3.05) is 52.5 Å². The molecular weight excluding hydrogens is 306 g/mol. The van der Waals surface area contributed by atoms with E-state index in [2.05, 4.69) is 56.2 Å². The summed E-state index contributed by atoms with van der Waals surface area (Å²) in [6, 6.07) is 0. The SMILES string of the molecule is CCCC(C)(C)CCN1CCN(CN2CCC(C(C)(C)C)CC2)CC1. The fraction of sp³-hybridized carbons (Fsp3) is 1.00. The van der Waals surface area contributed by atoms with Crippen molar-refractivity contribution in [2.24, 2.45) is 16.7 Å². The van der Waals surface area contributed by atoms with E-state index in [4.69, 9.17) is 0 Å². The quantitative estimate of drug-likeness (QED) is 0.667. The van der Waals surface area contributed by atoms with Crippen LogP contribution in [0.5, 0.6) is 0 Å². The highest BCUT2D eigenvalue weighted by atomic mass is 15.3. The molecule has 0 unspecified atom stereocenters. The van der Waals surface area contributed by atoms with Gasteiger partial charge in [0, 0.05) is 26.2 Å². The van der Waals surface area contributed by atoms with Crippen molar-refractivity contribution in [1.29, 1.82) is 0 Å². The van der Waals surface area contributed by atoms with Crippen molar-refractivity contribution in [3.8, 4) is 0 Å². The number of rotatable bonds is 7. The van der Waals surface area contributed by atoms with Crippen molar-refractivity contribution >= 4 is 0 Å². The molecule has 0 radical (unpaired) electrons. The van der Waals surface area contributed by atoms with Crippen LogP contribution in [0, 0.1) is 16.7 Å². The first-order valence-electron chi connectivity index (χ1n) is 10.9. The largest absolute Gasteiger partial charge is 0.301 e. The Bertz CT molecular complexity index is 369. The zero-order valence-corrected chi connectivity index (χ0v) is 18.1. The maximum Gasteiger partial charge on any atom is 0.0507 e. The summed E-state index contributed by atoms with van der Waals surface area (Å²) in [5.74, 6) is 0.909. The van der Waals surface area contributed by atoms with Crippen LogP contribution in [0.4, 0.5) is 0 Å². The molecule has 2 aliphatic rings. The molecule has 0 saturated carbocycles. The molecule has 25 heavy (non-hydrogen) atoms. The molecule has 0 amide bonds. The van der Waals surface area contributed by atoms with Crippen LogP contribution in [-0.4, -0.2) is 67.2 Å². The van der Waals surface area contributed by atoms with Gasteiger partial charge >= 0.3 is 0 Å². The van der Waals surface area contributed by atoms with Gasteiger partial charge in [0.05, 0.1) is 6.67 Å². The van der Waals surface area contributed by atoms with Crippen molar-refractivity contribution in [2.45, 2.75) is 73.6 Å². The van der Waals surface area contributed by atoms with Gasteiger partial charge in [0.25, 0.3) is 0 Å². The molecule has 2 heterocycles. The van der Waals surface area contributed by atoms with Crippen LogP contribution in [0.15, 0.2) is 0 Å². The average Bonchev–Trinajstić information content (AvgIpc) is 2.54. The predicted molar refractivity (Wildman–Crippen MR) is 110 cm³/mol. The second kappa shape index (κ2) is 9.19. The Morgan fingerprint density at radius 3 is 1.76 bits per heavy atom. The van der Waals surface area contributed by atoms with Crippen LogP contribution < -0.4 is 0 Å². The smallest absolute Gasteiger partial charge is 0.0507 e. The van der Waals surface area contributed by atoms with E-state index in [1.54, 1.807) is 0 Å². The Labute approximate surface area is 158 Å². The number of hydrogen-bond donors (Lipinski definition) is 0. The summed E-state index contributed by atoms with van der Waals surface area (Å²) in [7, 11) is 0. The highest BCUT2D eigenvalue weighted by Gasteiger charge is 2.29. The van der Waals surface area contributed by atoms with Gasteiger partial charge in [-0.15, -0.1) is 0 Å². The van der Waals surface area contributed by atoms with Gasteiger partial charge in [-0.2, -0.15) is 0 Å². The molecule has 0 atom stereocenters. The van der Waals surface area contributed by atoms with Crippen molar-refractivity contribution in [3.05, 3.63) is 0 Å². The summed E-state index contributed by atoms with van der Waals surface area (Å²) in [5.41, 5.74) is 1.01. The molecule has 0 N–H and O–H groups in total. The molecule has 0 aromatic carbocycles. The first-order chi connectivity index (χ1) is 11.7. The fourth-order valence-electron chi connectivity index (χ4n) is 4.64. The Morgan fingerprint density at radius 2 is 1.24 bits per heavy atom. The van der Waals surface area contributed by atoms with Gasteiger partial charge < -0.3 is 4.90 Å². The van der Waals surface area contributed by atoms with Gasteiger partial charge in [0.2, 0.25) is 0 Å². The fourth-order valence-corrected chi connectivity index (χ4v) is 4.64. The number of piperidine rings is 1. The van der Waals surface area contributed by atoms with Gasteiger partial charge in [0.1, 0.15) is 0 Å². The third kappa shape index (κ3) is 7.19. The molecule has 0 aromatic rings. The molecule has 2 fully saturated rings. The molecule has 2 saturated heterocycles. The Morgan fingerprint density at radius 1 is 0.720 bits per heavy atom. The van der Waals surface area contributed by atoms with Gasteiger partial charge in [-0.05, 0) is 62.1 Å². The molecule has 0 aliphatic carbocycles. The molecule has 3 nitrogen and oxygen atoms in total. The monoisotopic (exact) mass is 351 g/mol. The molecular formula is C22H45N3. The number of hydrogen-bond acceptors (Lipinski definition) is 3. The summed E-state index contributed by atoms with van der Waals surface area (Å²) >= 11 is 0. The minimum Gasteiger partial charge on any atom is -0.301 e. The normalized spacial score (nSPS) is 23.3. The molecule has 148 valence electrons. The van der Waals surface area contributed by atoms with Crippen LogP contribution in [0.2, 0.25) is 0 Å². The highest BCUT2D eigenvalue weighted by Crippen LogP contribution is 2.34. The van der Waals surface area contributed by atoms with E-state index >= 15 is 0 Å². The lowest BCUT2D eigenvalue weighted by molar-refractivity contribution is 0.0375. The number of likely N-dealkylation sites (tertiary alicyclic amines) is 1. The third-order valence-electron chi connectivity index (χ3n) is 6.71. The third-order valence-corrected chi connectivity index (χ3v) is 6.71. The van der Waals surface area contributed by atoms with E-state index < -0.39 is 0 Å². The summed E-state index contributed by atoms with van der Waals surface area (Å²) in [6.45, 7) is 24.6. The van der Waals surface area contributed by atoms with E-state index in [-0.39, 0.29) is 0 Å². The molecule has 2 aliphatic heterocycles. The van der Waals surface area contributed by atoms with Crippen LogP contribution in [-0.2, 0) is 0 Å². The molecule has 3 heteroatoms. The maximum atomic E-state index is 2.70. The highest BCUT2D eigenvalue weighted by molar-refractivity contribution is 4.82. The van der Waals surface area contributed by atoms with E-state index in [9.17, 15) is 0 Å². The van der Waals surface area contributed by atoms with Crippen molar-refractivity contribution in [3.63, 3.8) is 0 Å². The van der Waals surface area contributed by atoms with E-state index in [0.29, 0.717) is 10.8 Å². The first kappa shape index (κ1) is 21.2. The van der Waals surface area contributed by atoms with Crippen LogP contribution in [0.3, 0.4) is 0 Å². The average molecular weight is 352 g/mol. The number of nitrogens with zero attached hydrogens (tertiary/aromatic N) is 3. The van der Waals surface area contributed by atoms with Gasteiger partial charge in [-0.25, -0.2) is 0 Å². The van der Waals surface area contributed by atoms with Gasteiger partial charge in [-0.3, -0.25) is 9.80 Å². The predicted octanol–water partition coefficient (Wildman–Crippen LogP) is 4.54. The Balaban J connectivity index is 1.63. The zero-order chi connectivity index (χ0) is 18.5. The second-order valence-electron chi connectivity index (χ2n) is 10.5. The van der Waals surface area contributed by atoms with Crippen molar-refractivity contribution in [1.82, 2.24) is 14.7 Å². The lowest BCUT2D eigenvalue weighted by Crippen LogP contribution is -2.51. The lowest BCUT2D eigenvalue weighted by Gasteiger charge is -2.42. The van der Waals surface area contributed by atoms with E-state index in [1.165, 1.54) is 84.6 Å². The van der Waals surface area contributed by atoms with Crippen molar-refractivity contribution < 1.29 is 0 Å². The molecule has 0 aromatic heterocycles. The summed E-state index contributed by atoms with van der Waals surface area (Å²) in [4.78, 5) is 8.08. The second-order valence-corrected chi connectivity index (χ2v) is 10.5. The van der Waals surface area contributed by atoms with Gasteiger partial charge in [-0.1, -0.05) is 48.0 Å². The standard InChI is InChI=1S/C22H45N3/c1-7-10-22(5,6)11-14-23-15-17-25(18-16-23)19-24-12-8-20(9-13-24)21(2,3)4/h20H,7-19H2,1-6H3. The Kier molecular flexibility index (Phi) is 7.79. The summed E-state index contributed by atoms with van der Waals surface area (Å²) in [5, 5.41) is 0. The minimum absolute atomic E-state index is 0.489. The molecule has 2 rings (SSSR count). The summed E-state index contributed by atoms with van der Waals surface area (Å²) in [6.07, 6.45) is 6.79. The Hall–Kier alpha value is -0.120. The van der Waals surface area contributed by atoms with E-state index in [0.717, 1.165) is 5.92 Å². The lowest BCUT2D eigenvalue weighted by atomic mass is 9.75. The maximum absolute atomic E-state index is 2.70. The zero-order valence-electron chi connectivity index (χ0n) is 18.1. The summed E-state index contributed by atoms with van der Waals surface area (Å²) < 4.78 is 0. The molecule has 0 bridgehead atoms. The minimum atomic E-state index is 0.489.